The van der Waals surface area contributed by atoms with Crippen LogP contribution in [-0.2, 0) is 14.3 Å². The van der Waals surface area contributed by atoms with Gasteiger partial charge in [0, 0.05) is 26.2 Å². The molecule has 2 amide bonds. The van der Waals surface area contributed by atoms with Crippen LogP contribution in [0.3, 0.4) is 0 Å². The fourth-order valence-electron chi connectivity index (χ4n) is 3.04. The summed E-state index contributed by atoms with van der Waals surface area (Å²) in [4.78, 5) is 38.5. The number of hydrogen-bond acceptors (Lipinski definition) is 5. The van der Waals surface area contributed by atoms with Crippen LogP contribution in [0.5, 0.6) is 0 Å². The molecule has 0 bridgehead atoms. The van der Waals surface area contributed by atoms with Gasteiger partial charge in [-0.15, -0.1) is 0 Å². The van der Waals surface area contributed by atoms with E-state index in [1.165, 1.54) is 4.90 Å². The van der Waals surface area contributed by atoms with E-state index >= 15 is 0 Å². The van der Waals surface area contributed by atoms with Crippen molar-refractivity contribution in [2.24, 2.45) is 0 Å². The quantitative estimate of drug-likeness (QED) is 0.772. The van der Waals surface area contributed by atoms with Gasteiger partial charge in [0.2, 0.25) is 5.91 Å². The summed E-state index contributed by atoms with van der Waals surface area (Å²) in [5, 5.41) is 12.0. The maximum atomic E-state index is 12.1. The molecular weight excluding hydrogens is 302 g/mol. The second-order valence-electron chi connectivity index (χ2n) is 7.26. The first-order chi connectivity index (χ1) is 10.6. The van der Waals surface area contributed by atoms with Gasteiger partial charge in [0.25, 0.3) is 0 Å². The molecule has 130 valence electrons. The summed E-state index contributed by atoms with van der Waals surface area (Å²) in [5.41, 5.74) is -1.28. The van der Waals surface area contributed by atoms with Crippen molar-refractivity contribution in [1.82, 2.24) is 15.1 Å². The number of nitrogens with one attached hydrogen (secondary N) is 1. The number of carbonyl (C=O) groups excluding carboxylic acids is 2. The Morgan fingerprint density at radius 1 is 1.35 bits per heavy atom. The Morgan fingerprint density at radius 3 is 2.57 bits per heavy atom. The predicted octanol–water partition coefficient (Wildman–Crippen LogP) is 0.273. The van der Waals surface area contributed by atoms with Crippen LogP contribution in [-0.4, -0.2) is 76.7 Å². The summed E-state index contributed by atoms with van der Waals surface area (Å²) >= 11 is 0. The van der Waals surface area contributed by atoms with Gasteiger partial charge >= 0.3 is 12.1 Å². The van der Waals surface area contributed by atoms with E-state index in [1.54, 1.807) is 20.8 Å². The number of likely N-dealkylation sites (tertiary alicyclic amines) is 1. The van der Waals surface area contributed by atoms with Gasteiger partial charge in [0.05, 0.1) is 18.5 Å². The Bertz CT molecular complexity index is 494. The van der Waals surface area contributed by atoms with Crippen LogP contribution >= 0.6 is 0 Å². The summed E-state index contributed by atoms with van der Waals surface area (Å²) in [7, 11) is 0. The number of carbonyl (C=O) groups is 3. The van der Waals surface area contributed by atoms with E-state index in [9.17, 15) is 19.5 Å². The molecule has 8 nitrogen and oxygen atoms in total. The van der Waals surface area contributed by atoms with Crippen molar-refractivity contribution in [2.75, 3.05) is 32.7 Å². The summed E-state index contributed by atoms with van der Waals surface area (Å²) in [6, 6.07) is 0. The molecule has 2 aliphatic heterocycles. The number of nitrogens with zero attached hydrogens (tertiary/aromatic N) is 2. The molecule has 0 unspecified atom stereocenters. The second kappa shape index (κ2) is 6.35. The Hall–Kier alpha value is -1.83. The standard InChI is InChI=1S/C15H25N3O5/c1-14(2,3)23-13(22)17-9-15(10-17,7-12(20)21)18-6-4-5-16-11(19)8-18/h4-10H2,1-3H3,(H,16,19)(H,20,21). The highest BCUT2D eigenvalue weighted by molar-refractivity contribution is 5.79. The lowest BCUT2D eigenvalue weighted by Gasteiger charge is -2.54. The molecule has 2 heterocycles. The smallest absolute Gasteiger partial charge is 0.410 e. The van der Waals surface area contributed by atoms with Crippen molar-refractivity contribution in [3.8, 4) is 0 Å². The van der Waals surface area contributed by atoms with Gasteiger partial charge in [-0.25, -0.2) is 4.79 Å². The van der Waals surface area contributed by atoms with Crippen LogP contribution in [0.15, 0.2) is 0 Å². The van der Waals surface area contributed by atoms with Crippen molar-refractivity contribution in [2.45, 2.75) is 44.8 Å². The minimum atomic E-state index is -0.932. The largest absolute Gasteiger partial charge is 0.481 e. The van der Waals surface area contributed by atoms with Gasteiger partial charge in [-0.05, 0) is 27.2 Å². The first-order valence-corrected chi connectivity index (χ1v) is 7.83. The van der Waals surface area contributed by atoms with Crippen LogP contribution in [0.25, 0.3) is 0 Å². The maximum Gasteiger partial charge on any atom is 0.410 e. The molecule has 2 rings (SSSR count). The van der Waals surface area contributed by atoms with Crippen LogP contribution in [0, 0.1) is 0 Å². The van der Waals surface area contributed by atoms with E-state index in [1.807, 2.05) is 4.90 Å². The Morgan fingerprint density at radius 2 is 2.00 bits per heavy atom. The Labute approximate surface area is 135 Å². The average molecular weight is 327 g/mol. The van der Waals surface area contributed by atoms with Gasteiger partial charge in [-0.2, -0.15) is 0 Å². The molecule has 8 heteroatoms. The van der Waals surface area contributed by atoms with Gasteiger partial charge in [0.1, 0.15) is 5.60 Å². The third kappa shape index (κ3) is 4.34. The number of ether oxygens (including phenoxy) is 1. The highest BCUT2D eigenvalue weighted by Crippen LogP contribution is 2.33. The fourth-order valence-corrected chi connectivity index (χ4v) is 3.04. The molecule has 2 saturated heterocycles. The van der Waals surface area contributed by atoms with E-state index < -0.39 is 23.2 Å². The molecule has 2 fully saturated rings. The number of hydrogen-bond donors (Lipinski definition) is 2. The molecule has 0 aromatic carbocycles. The van der Waals surface area contributed by atoms with Crippen LogP contribution < -0.4 is 5.32 Å². The molecule has 0 atom stereocenters. The Balaban J connectivity index is 2.06. The molecule has 0 aliphatic carbocycles. The van der Waals surface area contributed by atoms with Crippen molar-refractivity contribution in [3.05, 3.63) is 0 Å². The highest BCUT2D eigenvalue weighted by atomic mass is 16.6. The number of aliphatic carboxylic acids is 1. The van der Waals surface area contributed by atoms with Crippen molar-refractivity contribution in [1.29, 1.82) is 0 Å². The van der Waals surface area contributed by atoms with E-state index in [2.05, 4.69) is 5.32 Å². The molecular formula is C15H25N3O5. The first kappa shape index (κ1) is 17.5. The lowest BCUT2D eigenvalue weighted by Crippen LogP contribution is -2.72. The first-order valence-electron chi connectivity index (χ1n) is 7.83. The van der Waals surface area contributed by atoms with Gasteiger partial charge < -0.3 is 20.1 Å². The SMILES string of the molecule is CC(C)(C)OC(=O)N1CC(CC(=O)O)(N2CCCNC(=O)C2)C1. The summed E-state index contributed by atoms with van der Waals surface area (Å²) in [6.45, 7) is 7.28. The number of carboxylic acids is 1. The average Bonchev–Trinajstić information content (AvgIpc) is 2.55. The lowest BCUT2D eigenvalue weighted by atomic mass is 9.84. The van der Waals surface area contributed by atoms with Gasteiger partial charge in [-0.1, -0.05) is 0 Å². The molecule has 0 spiro atoms. The molecule has 0 radical (unpaired) electrons. The zero-order valence-electron chi connectivity index (χ0n) is 13.9. The monoisotopic (exact) mass is 327 g/mol. The van der Waals surface area contributed by atoms with E-state index in [0.717, 1.165) is 6.42 Å². The molecule has 2 N–H and O–H groups in total. The summed E-state index contributed by atoms with van der Waals surface area (Å²) in [5.74, 6) is -1.04. The molecule has 0 aromatic heterocycles. The normalized spacial score (nSPS) is 21.9. The van der Waals surface area contributed by atoms with Crippen molar-refractivity contribution in [3.63, 3.8) is 0 Å². The third-order valence-electron chi connectivity index (χ3n) is 4.03. The minimum absolute atomic E-state index is 0.0976. The van der Waals surface area contributed by atoms with Crippen LogP contribution in [0.1, 0.15) is 33.6 Å². The predicted molar refractivity (Wildman–Crippen MR) is 82.0 cm³/mol. The van der Waals surface area contributed by atoms with Gasteiger partial charge in [0.15, 0.2) is 0 Å². The topological polar surface area (TPSA) is 99.2 Å². The highest BCUT2D eigenvalue weighted by Gasteiger charge is 2.52. The fraction of sp³-hybridized carbons (Fsp3) is 0.800. The van der Waals surface area contributed by atoms with E-state index in [-0.39, 0.29) is 32.0 Å². The zero-order chi connectivity index (χ0) is 17.3. The maximum absolute atomic E-state index is 12.1. The van der Waals surface area contributed by atoms with Crippen molar-refractivity contribution < 1.29 is 24.2 Å². The van der Waals surface area contributed by atoms with Crippen molar-refractivity contribution >= 4 is 18.0 Å². The third-order valence-corrected chi connectivity index (χ3v) is 4.03. The summed E-state index contributed by atoms with van der Waals surface area (Å²) in [6.07, 6.45) is 0.219. The lowest BCUT2D eigenvalue weighted by molar-refractivity contribution is -0.147. The van der Waals surface area contributed by atoms with Crippen LogP contribution in [0.4, 0.5) is 4.79 Å². The van der Waals surface area contributed by atoms with Crippen LogP contribution in [0.2, 0.25) is 0 Å². The molecule has 0 aromatic rings. The number of carboxylic acid groups (broad SMARTS) is 1. The van der Waals surface area contributed by atoms with Gasteiger partial charge in [-0.3, -0.25) is 14.5 Å². The minimum Gasteiger partial charge on any atom is -0.481 e. The summed E-state index contributed by atoms with van der Waals surface area (Å²) < 4.78 is 5.31. The molecule has 2 aliphatic rings. The second-order valence-corrected chi connectivity index (χ2v) is 7.26. The molecule has 23 heavy (non-hydrogen) atoms. The number of rotatable bonds is 3. The number of amides is 2. The Kier molecular flexibility index (Phi) is 4.84. The van der Waals surface area contributed by atoms with E-state index in [0.29, 0.717) is 13.1 Å². The van der Waals surface area contributed by atoms with E-state index in [4.69, 9.17) is 4.74 Å². The molecule has 0 saturated carbocycles. The zero-order valence-corrected chi connectivity index (χ0v) is 13.9.